The molecule has 0 aromatic heterocycles. The van der Waals surface area contributed by atoms with Crippen LogP contribution in [0.1, 0.15) is 38.5 Å². The van der Waals surface area contributed by atoms with Gasteiger partial charge in [0.15, 0.2) is 11.9 Å². The maximum absolute atomic E-state index is 13.1. The third-order valence-electron chi connectivity index (χ3n) is 4.42. The van der Waals surface area contributed by atoms with Crippen molar-refractivity contribution in [3.05, 3.63) is 0 Å². The molecule has 17 heavy (non-hydrogen) atoms. The third kappa shape index (κ3) is 1.63. The largest absolute Gasteiger partial charge is 0.353 e. The lowest BCUT2D eigenvalue weighted by Gasteiger charge is -2.49. The minimum Gasteiger partial charge on any atom is -0.353 e. The molecule has 1 unspecified atom stereocenters. The average molecular weight is 246 g/mol. The van der Waals surface area contributed by atoms with Gasteiger partial charge in [0.25, 0.3) is 0 Å². The fourth-order valence-electron chi connectivity index (χ4n) is 3.42. The minimum absolute atomic E-state index is 0.345. The molecule has 4 aliphatic rings. The lowest BCUT2D eigenvalue weighted by atomic mass is 9.73. The molecular weight excluding hydrogens is 227 g/mol. The van der Waals surface area contributed by atoms with E-state index < -0.39 is 24.4 Å². The van der Waals surface area contributed by atoms with E-state index in [2.05, 4.69) is 0 Å². The van der Waals surface area contributed by atoms with E-state index in [0.29, 0.717) is 12.3 Å². The van der Waals surface area contributed by atoms with Crippen molar-refractivity contribution in [2.24, 2.45) is 5.92 Å². The first kappa shape index (κ1) is 11.8. The molecule has 3 heterocycles. The van der Waals surface area contributed by atoms with Gasteiger partial charge in [0.1, 0.15) is 6.67 Å². The standard InChI is InChI=1S/C12H19FO4/c1-14-10-12-6-3-2-4-9(12)5-7-11(8-13,15-10)16-17-12/h9-10H,2-8H2,1H3/t9-,10-,11-,12?/m1/s1. The molecule has 4 rings (SSSR count). The molecule has 1 aliphatic carbocycles. The fraction of sp³-hybridized carbons (Fsp3) is 1.00. The maximum atomic E-state index is 13.1. The zero-order chi connectivity index (χ0) is 11.9. The van der Waals surface area contributed by atoms with E-state index in [4.69, 9.17) is 19.2 Å². The Kier molecular flexibility index (Phi) is 2.89. The number of alkyl halides is 1. The summed E-state index contributed by atoms with van der Waals surface area (Å²) in [5.74, 6) is -0.902. The first-order valence-electron chi connectivity index (χ1n) is 6.38. The minimum atomic E-state index is -1.25. The second-order valence-electron chi connectivity index (χ2n) is 5.33. The van der Waals surface area contributed by atoms with Crippen molar-refractivity contribution in [1.82, 2.24) is 0 Å². The average Bonchev–Trinajstić information content (AvgIpc) is 2.64. The van der Waals surface area contributed by atoms with Crippen molar-refractivity contribution in [1.29, 1.82) is 0 Å². The summed E-state index contributed by atoms with van der Waals surface area (Å²) < 4.78 is 24.2. The van der Waals surface area contributed by atoms with E-state index in [1.54, 1.807) is 7.11 Å². The summed E-state index contributed by atoms with van der Waals surface area (Å²) in [6, 6.07) is 0. The van der Waals surface area contributed by atoms with Gasteiger partial charge in [0.05, 0.1) is 0 Å². The Morgan fingerprint density at radius 3 is 2.88 bits per heavy atom. The Morgan fingerprint density at radius 2 is 2.12 bits per heavy atom. The molecule has 3 aliphatic heterocycles. The SMILES string of the molecule is CO[C@@H]1O[C@]2(CF)CC[C@H]3CCCCC31OO2. The number of rotatable bonds is 2. The van der Waals surface area contributed by atoms with Crippen LogP contribution in [0.5, 0.6) is 0 Å². The lowest BCUT2D eigenvalue weighted by Crippen LogP contribution is -2.60. The van der Waals surface area contributed by atoms with Crippen molar-refractivity contribution < 1.29 is 23.6 Å². The zero-order valence-electron chi connectivity index (χ0n) is 10.1. The van der Waals surface area contributed by atoms with Crippen molar-refractivity contribution in [2.75, 3.05) is 13.8 Å². The van der Waals surface area contributed by atoms with E-state index in [0.717, 1.165) is 25.7 Å². The highest BCUT2D eigenvalue weighted by atomic mass is 19.1. The number of halogens is 1. The van der Waals surface area contributed by atoms with Crippen molar-refractivity contribution in [3.63, 3.8) is 0 Å². The first-order valence-corrected chi connectivity index (χ1v) is 6.38. The van der Waals surface area contributed by atoms with Gasteiger partial charge in [-0.05, 0) is 25.2 Å². The summed E-state index contributed by atoms with van der Waals surface area (Å²) in [5, 5.41) is 0. The molecule has 0 radical (unpaired) electrons. The summed E-state index contributed by atoms with van der Waals surface area (Å²) in [7, 11) is 1.58. The van der Waals surface area contributed by atoms with Crippen LogP contribution in [0.3, 0.4) is 0 Å². The van der Waals surface area contributed by atoms with Gasteiger partial charge >= 0.3 is 0 Å². The van der Waals surface area contributed by atoms with Crippen LogP contribution in [0.2, 0.25) is 0 Å². The lowest BCUT2D eigenvalue weighted by molar-refractivity contribution is -0.552. The van der Waals surface area contributed by atoms with Crippen molar-refractivity contribution in [3.8, 4) is 0 Å². The number of methoxy groups -OCH3 is 1. The molecule has 0 N–H and O–H groups in total. The highest BCUT2D eigenvalue weighted by Crippen LogP contribution is 2.52. The molecule has 2 bridgehead atoms. The number of ether oxygens (including phenoxy) is 2. The quantitative estimate of drug-likeness (QED) is 0.701. The van der Waals surface area contributed by atoms with E-state index in [1.165, 1.54) is 6.42 Å². The summed E-state index contributed by atoms with van der Waals surface area (Å²) in [6.07, 6.45) is 5.10. The summed E-state index contributed by atoms with van der Waals surface area (Å²) in [4.78, 5) is 10.9. The highest BCUT2D eigenvalue weighted by Gasteiger charge is 2.61. The maximum Gasteiger partial charge on any atom is 0.232 e. The molecule has 1 spiro atoms. The van der Waals surface area contributed by atoms with Gasteiger partial charge in [0, 0.05) is 13.5 Å². The van der Waals surface area contributed by atoms with Crippen molar-refractivity contribution >= 4 is 0 Å². The Balaban J connectivity index is 1.94. The number of hydrogen-bond acceptors (Lipinski definition) is 4. The van der Waals surface area contributed by atoms with Gasteiger partial charge in [-0.1, -0.05) is 12.8 Å². The molecular formula is C12H19FO4. The monoisotopic (exact) mass is 246 g/mol. The van der Waals surface area contributed by atoms with Gasteiger partial charge < -0.3 is 9.47 Å². The molecule has 4 fully saturated rings. The van der Waals surface area contributed by atoms with Gasteiger partial charge in [-0.15, -0.1) is 0 Å². The zero-order valence-corrected chi connectivity index (χ0v) is 10.1. The molecule has 0 aromatic carbocycles. The molecule has 98 valence electrons. The van der Waals surface area contributed by atoms with Crippen LogP contribution >= 0.6 is 0 Å². The van der Waals surface area contributed by atoms with Gasteiger partial charge in [-0.2, -0.15) is 4.89 Å². The number of hydrogen-bond donors (Lipinski definition) is 0. The Bertz CT molecular complexity index is 296. The Labute approximate surface area is 100 Å². The van der Waals surface area contributed by atoms with E-state index >= 15 is 0 Å². The van der Waals surface area contributed by atoms with Gasteiger partial charge in [-0.3, -0.25) is 0 Å². The van der Waals surface area contributed by atoms with Gasteiger partial charge in [-0.25, -0.2) is 9.28 Å². The van der Waals surface area contributed by atoms with E-state index in [9.17, 15) is 4.39 Å². The van der Waals surface area contributed by atoms with Crippen LogP contribution in [-0.2, 0) is 19.2 Å². The second kappa shape index (κ2) is 4.16. The molecule has 1 saturated carbocycles. The number of fused-ring (bicyclic) bond motifs is 3. The molecule has 0 aromatic rings. The predicted octanol–water partition coefficient (Wildman–Crippen LogP) is 2.33. The summed E-state index contributed by atoms with van der Waals surface area (Å²) >= 11 is 0. The van der Waals surface area contributed by atoms with Crippen LogP contribution in [0, 0.1) is 5.92 Å². The molecule has 3 saturated heterocycles. The smallest absolute Gasteiger partial charge is 0.232 e. The van der Waals surface area contributed by atoms with Gasteiger partial charge in [0.2, 0.25) is 5.79 Å². The van der Waals surface area contributed by atoms with Crippen LogP contribution in [-0.4, -0.2) is 31.5 Å². The van der Waals surface area contributed by atoms with Crippen LogP contribution in [0.4, 0.5) is 4.39 Å². The first-order chi connectivity index (χ1) is 8.25. The van der Waals surface area contributed by atoms with E-state index in [1.807, 2.05) is 0 Å². The summed E-state index contributed by atoms with van der Waals surface area (Å²) in [5.41, 5.74) is -0.526. The molecule has 4 nitrogen and oxygen atoms in total. The van der Waals surface area contributed by atoms with Crippen LogP contribution in [0.25, 0.3) is 0 Å². The topological polar surface area (TPSA) is 36.9 Å². The van der Waals surface area contributed by atoms with Crippen LogP contribution in [0.15, 0.2) is 0 Å². The molecule has 4 atom stereocenters. The summed E-state index contributed by atoms with van der Waals surface area (Å²) in [6.45, 7) is -0.699. The normalized spacial score (nSPS) is 49.8. The highest BCUT2D eigenvalue weighted by molar-refractivity contribution is 4.99. The van der Waals surface area contributed by atoms with Crippen molar-refractivity contribution in [2.45, 2.75) is 56.2 Å². The third-order valence-corrected chi connectivity index (χ3v) is 4.42. The van der Waals surface area contributed by atoms with Crippen LogP contribution < -0.4 is 0 Å². The molecule has 5 heteroatoms. The predicted molar refractivity (Wildman–Crippen MR) is 56.7 cm³/mol. The molecule has 0 amide bonds. The Morgan fingerprint density at radius 1 is 1.24 bits per heavy atom. The Hall–Kier alpha value is -0.230. The fourth-order valence-corrected chi connectivity index (χ4v) is 3.42. The van der Waals surface area contributed by atoms with E-state index in [-0.39, 0.29) is 0 Å². The second-order valence-corrected chi connectivity index (χ2v) is 5.33.